The summed E-state index contributed by atoms with van der Waals surface area (Å²) in [6, 6.07) is 2.17. The maximum Gasteiger partial charge on any atom is 0.314 e. The SMILES string of the molecule is CCOC(=O)[C@@H]1CCC[NH+](Cc2cc(Br)cs2)C1. The third kappa shape index (κ3) is 3.80. The number of thiophene rings is 1. The van der Waals surface area contributed by atoms with E-state index in [0.717, 1.165) is 36.9 Å². The van der Waals surface area contributed by atoms with Gasteiger partial charge < -0.3 is 9.64 Å². The molecule has 2 atom stereocenters. The second kappa shape index (κ2) is 6.68. The summed E-state index contributed by atoms with van der Waals surface area (Å²) in [5.41, 5.74) is 0. The molecule has 1 aromatic rings. The fourth-order valence-electron chi connectivity index (χ4n) is 2.47. The molecule has 5 heteroatoms. The van der Waals surface area contributed by atoms with E-state index < -0.39 is 0 Å². The normalized spacial score (nSPS) is 23.9. The summed E-state index contributed by atoms with van der Waals surface area (Å²) >= 11 is 5.26. The van der Waals surface area contributed by atoms with E-state index in [1.165, 1.54) is 9.78 Å². The van der Waals surface area contributed by atoms with E-state index in [-0.39, 0.29) is 11.9 Å². The van der Waals surface area contributed by atoms with Gasteiger partial charge in [0.05, 0.1) is 24.6 Å². The monoisotopic (exact) mass is 332 g/mol. The highest BCUT2D eigenvalue weighted by Gasteiger charge is 2.29. The maximum atomic E-state index is 11.8. The molecule has 2 heterocycles. The molecule has 1 aliphatic rings. The minimum Gasteiger partial charge on any atom is -0.466 e. The van der Waals surface area contributed by atoms with Crippen LogP contribution in [0.25, 0.3) is 0 Å². The number of carbonyl (C=O) groups is 1. The molecule has 100 valence electrons. The lowest BCUT2D eigenvalue weighted by Gasteiger charge is -2.28. The van der Waals surface area contributed by atoms with Crippen LogP contribution in [-0.4, -0.2) is 25.7 Å². The van der Waals surface area contributed by atoms with Crippen LogP contribution in [0.2, 0.25) is 0 Å². The fraction of sp³-hybridized carbons (Fsp3) is 0.615. The highest BCUT2D eigenvalue weighted by Crippen LogP contribution is 2.19. The summed E-state index contributed by atoms with van der Waals surface area (Å²) in [5.74, 6) is 0.0826. The van der Waals surface area contributed by atoms with Gasteiger partial charge in [0, 0.05) is 9.85 Å². The van der Waals surface area contributed by atoms with Gasteiger partial charge in [-0.05, 0) is 41.8 Å². The number of nitrogens with one attached hydrogen (secondary N) is 1. The molecule has 1 N–H and O–H groups in total. The Morgan fingerprint density at radius 2 is 2.50 bits per heavy atom. The van der Waals surface area contributed by atoms with Crippen LogP contribution in [-0.2, 0) is 16.1 Å². The Balaban J connectivity index is 1.88. The van der Waals surface area contributed by atoms with Crippen molar-refractivity contribution in [2.24, 2.45) is 5.92 Å². The van der Waals surface area contributed by atoms with Crippen molar-refractivity contribution in [1.29, 1.82) is 0 Å². The summed E-state index contributed by atoms with van der Waals surface area (Å²) < 4.78 is 6.28. The number of piperidine rings is 1. The lowest BCUT2D eigenvalue weighted by Crippen LogP contribution is -3.12. The van der Waals surface area contributed by atoms with E-state index in [2.05, 4.69) is 27.4 Å². The number of hydrogen-bond donors (Lipinski definition) is 1. The maximum absolute atomic E-state index is 11.8. The van der Waals surface area contributed by atoms with Crippen LogP contribution < -0.4 is 4.90 Å². The number of hydrogen-bond acceptors (Lipinski definition) is 3. The fourth-order valence-corrected chi connectivity index (χ4v) is 3.99. The van der Waals surface area contributed by atoms with Crippen molar-refractivity contribution in [3.63, 3.8) is 0 Å². The van der Waals surface area contributed by atoms with Crippen LogP contribution in [0.3, 0.4) is 0 Å². The molecule has 1 saturated heterocycles. The molecule has 0 bridgehead atoms. The van der Waals surface area contributed by atoms with Gasteiger partial charge in [0.25, 0.3) is 0 Å². The zero-order valence-corrected chi connectivity index (χ0v) is 13.0. The molecule has 3 nitrogen and oxygen atoms in total. The molecule has 0 radical (unpaired) electrons. The highest BCUT2D eigenvalue weighted by atomic mass is 79.9. The second-order valence-electron chi connectivity index (χ2n) is 4.70. The van der Waals surface area contributed by atoms with Gasteiger partial charge in [0.15, 0.2) is 0 Å². The average Bonchev–Trinajstić information content (AvgIpc) is 2.75. The van der Waals surface area contributed by atoms with Crippen molar-refractivity contribution in [1.82, 2.24) is 0 Å². The molecule has 0 aromatic carbocycles. The van der Waals surface area contributed by atoms with E-state index >= 15 is 0 Å². The molecule has 0 amide bonds. The summed E-state index contributed by atoms with van der Waals surface area (Å²) in [5, 5.41) is 2.11. The number of rotatable bonds is 4. The van der Waals surface area contributed by atoms with Crippen molar-refractivity contribution in [2.45, 2.75) is 26.3 Å². The first kappa shape index (κ1) is 14.0. The van der Waals surface area contributed by atoms with Gasteiger partial charge in [-0.25, -0.2) is 0 Å². The first-order chi connectivity index (χ1) is 8.69. The molecule has 18 heavy (non-hydrogen) atoms. The van der Waals surface area contributed by atoms with E-state index in [4.69, 9.17) is 4.74 Å². The first-order valence-electron chi connectivity index (χ1n) is 6.42. The molecule has 1 fully saturated rings. The predicted octanol–water partition coefficient (Wildman–Crippen LogP) is 1.87. The Bertz CT molecular complexity index is 407. The largest absolute Gasteiger partial charge is 0.466 e. The minimum atomic E-state index is -0.0120. The van der Waals surface area contributed by atoms with Crippen LogP contribution >= 0.6 is 27.3 Å². The smallest absolute Gasteiger partial charge is 0.314 e. The Labute approximate surface area is 120 Å². The first-order valence-corrected chi connectivity index (χ1v) is 8.09. The van der Waals surface area contributed by atoms with Crippen molar-refractivity contribution in [3.8, 4) is 0 Å². The summed E-state index contributed by atoms with van der Waals surface area (Å²) in [6.45, 7) is 5.45. The summed E-state index contributed by atoms with van der Waals surface area (Å²) in [4.78, 5) is 14.6. The number of carbonyl (C=O) groups excluding carboxylic acids is 1. The molecule has 1 aliphatic heterocycles. The predicted molar refractivity (Wildman–Crippen MR) is 75.8 cm³/mol. The lowest BCUT2D eigenvalue weighted by molar-refractivity contribution is -0.920. The zero-order chi connectivity index (χ0) is 13.0. The van der Waals surface area contributed by atoms with Gasteiger partial charge in [-0.2, -0.15) is 0 Å². The quantitative estimate of drug-likeness (QED) is 0.853. The van der Waals surface area contributed by atoms with Crippen molar-refractivity contribution >= 4 is 33.2 Å². The number of esters is 1. The molecule has 1 unspecified atom stereocenters. The summed E-state index contributed by atoms with van der Waals surface area (Å²) in [6.07, 6.45) is 2.10. The topological polar surface area (TPSA) is 30.7 Å². The van der Waals surface area contributed by atoms with E-state index in [1.807, 2.05) is 6.92 Å². The van der Waals surface area contributed by atoms with Crippen molar-refractivity contribution < 1.29 is 14.4 Å². The molecular formula is C13H19BrNO2S+. The third-order valence-corrected chi connectivity index (χ3v) is 4.98. The Kier molecular flexibility index (Phi) is 5.21. The highest BCUT2D eigenvalue weighted by molar-refractivity contribution is 9.10. The minimum absolute atomic E-state index is 0.0120. The average molecular weight is 333 g/mol. The standard InChI is InChI=1S/C13H18BrNO2S/c1-2-17-13(16)10-4-3-5-15(7-10)8-12-6-11(14)9-18-12/h6,9-10H,2-5,7-8H2,1H3/p+1/t10-/m1/s1. The molecule has 0 saturated carbocycles. The van der Waals surface area contributed by atoms with Gasteiger partial charge in [-0.15, -0.1) is 11.3 Å². The van der Waals surface area contributed by atoms with Gasteiger partial charge in [0.2, 0.25) is 0 Å². The van der Waals surface area contributed by atoms with Crippen LogP contribution in [0.1, 0.15) is 24.6 Å². The molecular weight excluding hydrogens is 314 g/mol. The van der Waals surface area contributed by atoms with Crippen LogP contribution in [0.4, 0.5) is 0 Å². The van der Waals surface area contributed by atoms with E-state index in [1.54, 1.807) is 11.3 Å². The van der Waals surface area contributed by atoms with Gasteiger partial charge >= 0.3 is 5.97 Å². The number of quaternary nitrogens is 1. The Hall–Kier alpha value is -0.390. The van der Waals surface area contributed by atoms with Gasteiger partial charge in [0.1, 0.15) is 12.5 Å². The number of ether oxygens (including phenoxy) is 1. The Morgan fingerprint density at radius 1 is 1.67 bits per heavy atom. The zero-order valence-electron chi connectivity index (χ0n) is 10.6. The second-order valence-corrected chi connectivity index (χ2v) is 6.61. The molecule has 0 spiro atoms. The van der Waals surface area contributed by atoms with E-state index in [0.29, 0.717) is 6.61 Å². The van der Waals surface area contributed by atoms with Gasteiger partial charge in [-0.3, -0.25) is 4.79 Å². The van der Waals surface area contributed by atoms with Crippen molar-refractivity contribution in [3.05, 3.63) is 20.8 Å². The number of halogens is 1. The van der Waals surface area contributed by atoms with E-state index in [9.17, 15) is 4.79 Å². The molecule has 1 aromatic heterocycles. The lowest BCUT2D eigenvalue weighted by atomic mass is 9.98. The molecule has 0 aliphatic carbocycles. The van der Waals surface area contributed by atoms with Gasteiger partial charge in [-0.1, -0.05) is 0 Å². The summed E-state index contributed by atoms with van der Waals surface area (Å²) in [7, 11) is 0. The van der Waals surface area contributed by atoms with Crippen molar-refractivity contribution in [2.75, 3.05) is 19.7 Å². The van der Waals surface area contributed by atoms with Crippen LogP contribution in [0, 0.1) is 5.92 Å². The molecule has 2 rings (SSSR count). The third-order valence-electron chi connectivity index (χ3n) is 3.28. The van der Waals surface area contributed by atoms with Crippen LogP contribution in [0.15, 0.2) is 15.9 Å². The van der Waals surface area contributed by atoms with Crippen LogP contribution in [0.5, 0.6) is 0 Å². The number of likely N-dealkylation sites (tertiary alicyclic amines) is 1. The Morgan fingerprint density at radius 3 is 3.17 bits per heavy atom.